The lowest BCUT2D eigenvalue weighted by Crippen LogP contribution is -2.00. The number of rotatable bonds is 3. The first kappa shape index (κ1) is 7.44. The zero-order valence-electron chi connectivity index (χ0n) is 5.61. The van der Waals surface area contributed by atoms with E-state index in [-0.39, 0.29) is 18.1 Å². The number of furan rings is 1. The summed E-state index contributed by atoms with van der Waals surface area (Å²) in [7, 11) is 0. The van der Waals surface area contributed by atoms with E-state index in [0.717, 1.165) is 0 Å². The number of aliphatic imine (C=N–C) groups is 1. The number of ketones is 1. The zero-order valence-corrected chi connectivity index (χ0v) is 5.61. The summed E-state index contributed by atoms with van der Waals surface area (Å²) in [5, 5.41) is 0. The number of carbonyl (C=O) groups excluding carboxylic acids is 2. The van der Waals surface area contributed by atoms with Crippen LogP contribution in [0.4, 0.5) is 0 Å². The molecule has 0 amide bonds. The third-order valence-electron chi connectivity index (χ3n) is 1.08. The second-order valence-corrected chi connectivity index (χ2v) is 1.81. The number of hydrogen-bond acceptors (Lipinski definition) is 4. The van der Waals surface area contributed by atoms with Crippen molar-refractivity contribution in [1.82, 2.24) is 0 Å². The summed E-state index contributed by atoms with van der Waals surface area (Å²) >= 11 is 0. The van der Waals surface area contributed by atoms with Gasteiger partial charge in [-0.25, -0.2) is 4.79 Å². The van der Waals surface area contributed by atoms with Gasteiger partial charge in [0, 0.05) is 0 Å². The van der Waals surface area contributed by atoms with Crippen LogP contribution in [0.3, 0.4) is 0 Å². The van der Waals surface area contributed by atoms with Gasteiger partial charge in [-0.1, -0.05) is 0 Å². The Morgan fingerprint density at radius 2 is 2.55 bits per heavy atom. The van der Waals surface area contributed by atoms with Crippen molar-refractivity contribution in [2.75, 3.05) is 6.54 Å². The minimum absolute atomic E-state index is 0.197. The van der Waals surface area contributed by atoms with Crippen LogP contribution >= 0.6 is 0 Å². The molecule has 0 fully saturated rings. The largest absolute Gasteiger partial charge is 0.461 e. The number of isocyanates is 1. The number of nitrogens with zero attached hydrogens (tertiary/aromatic N) is 1. The molecular formula is C7H5NO3. The summed E-state index contributed by atoms with van der Waals surface area (Å²) in [6, 6.07) is 3.11. The second kappa shape index (κ2) is 3.49. The third kappa shape index (κ3) is 1.88. The Bertz CT molecular complexity index is 283. The van der Waals surface area contributed by atoms with Gasteiger partial charge in [0.05, 0.1) is 6.26 Å². The standard InChI is InChI=1S/C7H5NO3/c9-5-8-4-6(10)7-2-1-3-11-7/h1-3H,4H2. The van der Waals surface area contributed by atoms with Crippen molar-refractivity contribution in [1.29, 1.82) is 0 Å². The Hall–Kier alpha value is -1.67. The van der Waals surface area contributed by atoms with E-state index in [1.807, 2.05) is 0 Å². The molecule has 0 N–H and O–H groups in total. The summed E-state index contributed by atoms with van der Waals surface area (Å²) in [5.41, 5.74) is 0. The van der Waals surface area contributed by atoms with Gasteiger partial charge in [0.1, 0.15) is 6.54 Å². The summed E-state index contributed by atoms with van der Waals surface area (Å²) in [5.74, 6) is -0.109. The van der Waals surface area contributed by atoms with E-state index < -0.39 is 0 Å². The number of carbonyl (C=O) groups is 1. The molecular weight excluding hydrogens is 146 g/mol. The average molecular weight is 151 g/mol. The van der Waals surface area contributed by atoms with E-state index in [0.29, 0.717) is 0 Å². The molecule has 0 unspecified atom stereocenters. The molecule has 4 nitrogen and oxygen atoms in total. The van der Waals surface area contributed by atoms with Gasteiger partial charge in [-0.15, -0.1) is 0 Å². The quantitative estimate of drug-likeness (QED) is 0.364. The van der Waals surface area contributed by atoms with Crippen molar-refractivity contribution in [2.24, 2.45) is 4.99 Å². The van der Waals surface area contributed by atoms with Crippen LogP contribution in [-0.2, 0) is 4.79 Å². The van der Waals surface area contributed by atoms with Crippen molar-refractivity contribution in [3.05, 3.63) is 24.2 Å². The smallest absolute Gasteiger partial charge is 0.235 e. The van der Waals surface area contributed by atoms with Gasteiger partial charge in [-0.05, 0) is 12.1 Å². The van der Waals surface area contributed by atoms with Gasteiger partial charge in [-0.2, -0.15) is 4.99 Å². The molecule has 0 aliphatic rings. The van der Waals surface area contributed by atoms with E-state index in [1.165, 1.54) is 18.4 Å². The SMILES string of the molecule is O=C=NCC(=O)c1ccco1. The normalized spacial score (nSPS) is 8.73. The highest BCUT2D eigenvalue weighted by Crippen LogP contribution is 2.00. The van der Waals surface area contributed by atoms with Crippen molar-refractivity contribution >= 4 is 11.9 Å². The number of Topliss-reactive ketones (excluding diaryl/α,β-unsaturated/α-hetero) is 1. The molecule has 0 aliphatic carbocycles. The van der Waals surface area contributed by atoms with Gasteiger partial charge in [0.25, 0.3) is 0 Å². The van der Waals surface area contributed by atoms with Gasteiger partial charge < -0.3 is 4.42 Å². The molecule has 0 aromatic carbocycles. The molecule has 0 bridgehead atoms. The van der Waals surface area contributed by atoms with Crippen molar-refractivity contribution in [3.8, 4) is 0 Å². The maximum atomic E-state index is 10.9. The van der Waals surface area contributed by atoms with E-state index in [4.69, 9.17) is 4.42 Å². The van der Waals surface area contributed by atoms with E-state index in [1.54, 1.807) is 6.07 Å². The fourth-order valence-electron chi connectivity index (χ4n) is 0.619. The average Bonchev–Trinajstić information content (AvgIpc) is 2.52. The second-order valence-electron chi connectivity index (χ2n) is 1.81. The predicted octanol–water partition coefficient (Wildman–Crippen LogP) is 0.798. The summed E-state index contributed by atoms with van der Waals surface area (Å²) in [6.07, 6.45) is 2.66. The monoisotopic (exact) mass is 151 g/mol. The molecule has 0 radical (unpaired) electrons. The van der Waals surface area contributed by atoms with Gasteiger partial charge >= 0.3 is 0 Å². The highest BCUT2D eigenvalue weighted by atomic mass is 16.3. The maximum absolute atomic E-state index is 10.9. The fourth-order valence-corrected chi connectivity index (χ4v) is 0.619. The molecule has 0 spiro atoms. The van der Waals surface area contributed by atoms with Gasteiger partial charge in [0.2, 0.25) is 11.9 Å². The van der Waals surface area contributed by atoms with Crippen LogP contribution in [0.25, 0.3) is 0 Å². The molecule has 11 heavy (non-hydrogen) atoms. The minimum atomic E-state index is -0.321. The summed E-state index contributed by atoms with van der Waals surface area (Å²) in [4.78, 5) is 23.6. The molecule has 1 aromatic heterocycles. The Labute approximate surface area is 62.5 Å². The molecule has 0 saturated heterocycles. The van der Waals surface area contributed by atoms with Crippen LogP contribution in [-0.4, -0.2) is 18.4 Å². The maximum Gasteiger partial charge on any atom is 0.235 e. The lowest BCUT2D eigenvalue weighted by Gasteiger charge is -1.86. The molecule has 0 atom stereocenters. The van der Waals surface area contributed by atoms with Crippen molar-refractivity contribution in [2.45, 2.75) is 0 Å². The number of hydrogen-bond donors (Lipinski definition) is 0. The van der Waals surface area contributed by atoms with Crippen LogP contribution in [0, 0.1) is 0 Å². The Balaban J connectivity index is 2.63. The molecule has 56 valence electrons. The minimum Gasteiger partial charge on any atom is -0.461 e. The molecule has 1 rings (SSSR count). The highest BCUT2D eigenvalue weighted by Gasteiger charge is 2.05. The first-order valence-electron chi connectivity index (χ1n) is 2.95. The van der Waals surface area contributed by atoms with Crippen LogP contribution in [0.2, 0.25) is 0 Å². The summed E-state index contributed by atoms with van der Waals surface area (Å²) in [6.45, 7) is -0.197. The Kier molecular flexibility index (Phi) is 2.36. The fraction of sp³-hybridized carbons (Fsp3) is 0.143. The van der Waals surface area contributed by atoms with Gasteiger partial charge in [0.15, 0.2) is 5.76 Å². The topological polar surface area (TPSA) is 59.6 Å². The predicted molar refractivity (Wildman–Crippen MR) is 36.0 cm³/mol. The first-order chi connectivity index (χ1) is 5.34. The Morgan fingerprint density at radius 3 is 3.09 bits per heavy atom. The van der Waals surface area contributed by atoms with Crippen LogP contribution < -0.4 is 0 Å². The van der Waals surface area contributed by atoms with Crippen LogP contribution in [0.5, 0.6) is 0 Å². The lowest BCUT2D eigenvalue weighted by atomic mass is 10.3. The van der Waals surface area contributed by atoms with E-state index in [9.17, 15) is 9.59 Å². The van der Waals surface area contributed by atoms with Crippen LogP contribution in [0.15, 0.2) is 27.8 Å². The molecule has 1 heterocycles. The Morgan fingerprint density at radius 1 is 1.73 bits per heavy atom. The van der Waals surface area contributed by atoms with Crippen molar-refractivity contribution < 1.29 is 14.0 Å². The highest BCUT2D eigenvalue weighted by molar-refractivity contribution is 5.95. The first-order valence-corrected chi connectivity index (χ1v) is 2.95. The molecule has 4 heteroatoms. The van der Waals surface area contributed by atoms with Crippen molar-refractivity contribution in [3.63, 3.8) is 0 Å². The zero-order chi connectivity index (χ0) is 8.10. The van der Waals surface area contributed by atoms with E-state index in [2.05, 4.69) is 4.99 Å². The molecule has 0 saturated carbocycles. The van der Waals surface area contributed by atoms with Crippen LogP contribution in [0.1, 0.15) is 10.6 Å². The molecule has 0 aliphatic heterocycles. The lowest BCUT2D eigenvalue weighted by molar-refractivity contribution is 0.0975. The van der Waals surface area contributed by atoms with E-state index >= 15 is 0 Å². The third-order valence-corrected chi connectivity index (χ3v) is 1.08. The summed E-state index contributed by atoms with van der Waals surface area (Å²) < 4.78 is 4.75. The molecule has 1 aromatic rings. The van der Waals surface area contributed by atoms with Gasteiger partial charge in [-0.3, -0.25) is 4.79 Å².